The average Bonchev–Trinajstić information content (AvgIpc) is 2.70. The second kappa shape index (κ2) is 9.60. The Hall–Kier alpha value is -3.28. The molecule has 0 aliphatic heterocycles. The third kappa shape index (κ3) is 5.87. The molecular formula is C22H23FN4O. The van der Waals surface area contributed by atoms with Crippen LogP contribution in [0.15, 0.2) is 60.7 Å². The summed E-state index contributed by atoms with van der Waals surface area (Å²) in [7, 11) is 0. The molecule has 2 N–H and O–H groups in total. The number of amides is 1. The Morgan fingerprint density at radius 2 is 1.61 bits per heavy atom. The first-order valence-electron chi connectivity index (χ1n) is 9.26. The summed E-state index contributed by atoms with van der Waals surface area (Å²) in [6.07, 6.45) is 1.49. The summed E-state index contributed by atoms with van der Waals surface area (Å²) in [5.41, 5.74) is 2.54. The van der Waals surface area contributed by atoms with Gasteiger partial charge in [-0.15, -0.1) is 0 Å². The molecule has 0 saturated heterocycles. The van der Waals surface area contributed by atoms with Crippen LogP contribution < -0.4 is 10.6 Å². The predicted molar refractivity (Wildman–Crippen MR) is 108 cm³/mol. The van der Waals surface area contributed by atoms with Crippen LogP contribution in [0.25, 0.3) is 0 Å². The summed E-state index contributed by atoms with van der Waals surface area (Å²) >= 11 is 0. The number of carbonyl (C=O) groups excluding carboxylic acids is 1. The molecule has 1 aromatic heterocycles. The molecule has 3 aromatic rings. The molecule has 1 heterocycles. The van der Waals surface area contributed by atoms with E-state index in [0.29, 0.717) is 30.4 Å². The van der Waals surface area contributed by atoms with Gasteiger partial charge in [-0.3, -0.25) is 4.79 Å². The van der Waals surface area contributed by atoms with E-state index in [1.165, 1.54) is 17.7 Å². The van der Waals surface area contributed by atoms with Crippen LogP contribution in [0.5, 0.6) is 0 Å². The quantitative estimate of drug-likeness (QED) is 0.629. The van der Waals surface area contributed by atoms with E-state index in [4.69, 9.17) is 0 Å². The lowest BCUT2D eigenvalue weighted by Gasteiger charge is -2.09. The van der Waals surface area contributed by atoms with Gasteiger partial charge in [-0.25, -0.2) is 14.4 Å². The largest absolute Gasteiger partial charge is 0.370 e. The zero-order valence-electron chi connectivity index (χ0n) is 15.8. The summed E-state index contributed by atoms with van der Waals surface area (Å²) in [5.74, 6) is 0.664. The van der Waals surface area contributed by atoms with E-state index in [1.54, 1.807) is 25.1 Å². The highest BCUT2D eigenvalue weighted by Gasteiger charge is 2.10. The van der Waals surface area contributed by atoms with Gasteiger partial charge >= 0.3 is 0 Å². The van der Waals surface area contributed by atoms with Gasteiger partial charge in [-0.05, 0) is 43.0 Å². The van der Waals surface area contributed by atoms with Gasteiger partial charge in [0.15, 0.2) is 0 Å². The molecule has 3 rings (SSSR count). The monoisotopic (exact) mass is 378 g/mol. The fourth-order valence-corrected chi connectivity index (χ4v) is 2.82. The van der Waals surface area contributed by atoms with Gasteiger partial charge in [0.25, 0.3) is 5.91 Å². The van der Waals surface area contributed by atoms with Gasteiger partial charge in [0.2, 0.25) is 0 Å². The molecule has 144 valence electrons. The van der Waals surface area contributed by atoms with Gasteiger partial charge < -0.3 is 10.6 Å². The van der Waals surface area contributed by atoms with Gasteiger partial charge in [0.1, 0.15) is 23.2 Å². The number of hydrogen-bond acceptors (Lipinski definition) is 4. The minimum atomic E-state index is -0.244. The molecule has 6 heteroatoms. The summed E-state index contributed by atoms with van der Waals surface area (Å²) < 4.78 is 13.0. The van der Waals surface area contributed by atoms with Crippen molar-refractivity contribution in [1.82, 2.24) is 15.3 Å². The number of rotatable bonds is 8. The highest BCUT2D eigenvalue weighted by atomic mass is 19.1. The first-order chi connectivity index (χ1) is 13.6. The van der Waals surface area contributed by atoms with Crippen LogP contribution in [-0.2, 0) is 12.8 Å². The number of benzene rings is 2. The van der Waals surface area contributed by atoms with Crippen LogP contribution in [0, 0.1) is 12.7 Å². The molecule has 0 spiro atoms. The molecular weight excluding hydrogens is 355 g/mol. The van der Waals surface area contributed by atoms with Crippen molar-refractivity contribution < 1.29 is 9.18 Å². The number of carbonyl (C=O) groups is 1. The molecule has 0 atom stereocenters. The van der Waals surface area contributed by atoms with Gasteiger partial charge in [0, 0.05) is 19.2 Å². The number of nitrogens with zero attached hydrogens (tertiary/aromatic N) is 2. The van der Waals surface area contributed by atoms with E-state index in [0.717, 1.165) is 18.4 Å². The maximum atomic E-state index is 13.0. The molecule has 0 aliphatic carbocycles. The average molecular weight is 378 g/mol. The number of nitrogens with one attached hydrogen (secondary N) is 2. The van der Waals surface area contributed by atoms with E-state index in [-0.39, 0.29) is 11.7 Å². The van der Waals surface area contributed by atoms with Gasteiger partial charge in [-0.2, -0.15) is 0 Å². The van der Waals surface area contributed by atoms with E-state index in [9.17, 15) is 9.18 Å². The van der Waals surface area contributed by atoms with Crippen molar-refractivity contribution >= 4 is 11.7 Å². The molecule has 0 aliphatic rings. The van der Waals surface area contributed by atoms with Crippen LogP contribution in [0.4, 0.5) is 10.2 Å². The Kier molecular flexibility index (Phi) is 6.68. The number of aryl methyl sites for hydroxylation is 1. The Balaban J connectivity index is 1.52. The van der Waals surface area contributed by atoms with Crippen LogP contribution in [0.2, 0.25) is 0 Å². The minimum Gasteiger partial charge on any atom is -0.370 e. The van der Waals surface area contributed by atoms with Crippen molar-refractivity contribution in [3.63, 3.8) is 0 Å². The summed E-state index contributed by atoms with van der Waals surface area (Å²) in [4.78, 5) is 21.0. The third-order valence-electron chi connectivity index (χ3n) is 4.25. The van der Waals surface area contributed by atoms with Crippen LogP contribution in [-0.4, -0.2) is 29.0 Å². The Bertz CT molecular complexity index is 914. The fourth-order valence-electron chi connectivity index (χ4n) is 2.82. The topological polar surface area (TPSA) is 66.9 Å². The van der Waals surface area contributed by atoms with Crippen molar-refractivity contribution in [3.05, 3.63) is 89.1 Å². The first kappa shape index (κ1) is 19.5. The van der Waals surface area contributed by atoms with E-state index in [1.807, 2.05) is 30.3 Å². The lowest BCUT2D eigenvalue weighted by molar-refractivity contribution is 0.0949. The van der Waals surface area contributed by atoms with Gasteiger partial charge in [-0.1, -0.05) is 42.5 Å². The van der Waals surface area contributed by atoms with Gasteiger partial charge in [0.05, 0.1) is 0 Å². The van der Waals surface area contributed by atoms with Crippen molar-refractivity contribution in [3.8, 4) is 0 Å². The van der Waals surface area contributed by atoms with Crippen molar-refractivity contribution in [1.29, 1.82) is 0 Å². The van der Waals surface area contributed by atoms with E-state index in [2.05, 4.69) is 20.6 Å². The highest BCUT2D eigenvalue weighted by molar-refractivity contribution is 5.92. The Labute approximate surface area is 164 Å². The molecule has 28 heavy (non-hydrogen) atoms. The smallest absolute Gasteiger partial charge is 0.270 e. The number of anilines is 1. The minimum absolute atomic E-state index is 0.219. The Morgan fingerprint density at radius 3 is 2.36 bits per heavy atom. The molecule has 0 fully saturated rings. The summed E-state index contributed by atoms with van der Waals surface area (Å²) in [6.45, 7) is 2.92. The van der Waals surface area contributed by atoms with Crippen LogP contribution >= 0.6 is 0 Å². The van der Waals surface area contributed by atoms with E-state index < -0.39 is 0 Å². The molecule has 0 radical (unpaired) electrons. The first-order valence-corrected chi connectivity index (χ1v) is 9.26. The zero-order valence-corrected chi connectivity index (χ0v) is 15.8. The van der Waals surface area contributed by atoms with Crippen LogP contribution in [0.1, 0.15) is 27.4 Å². The molecule has 5 nitrogen and oxygen atoms in total. The highest BCUT2D eigenvalue weighted by Crippen LogP contribution is 2.09. The zero-order chi connectivity index (χ0) is 19.8. The molecule has 0 saturated carbocycles. The normalized spacial score (nSPS) is 10.5. The van der Waals surface area contributed by atoms with Crippen LogP contribution in [0.3, 0.4) is 0 Å². The van der Waals surface area contributed by atoms with E-state index >= 15 is 0 Å². The summed E-state index contributed by atoms with van der Waals surface area (Å²) in [5, 5.41) is 6.10. The molecule has 0 bridgehead atoms. The van der Waals surface area contributed by atoms with Crippen molar-refractivity contribution in [2.45, 2.75) is 19.8 Å². The predicted octanol–water partition coefficient (Wildman–Crippen LogP) is 3.55. The summed E-state index contributed by atoms with van der Waals surface area (Å²) in [6, 6.07) is 18.1. The maximum absolute atomic E-state index is 13.0. The second-order valence-corrected chi connectivity index (χ2v) is 6.48. The second-order valence-electron chi connectivity index (χ2n) is 6.48. The SMILES string of the molecule is Cc1nc(NCCc2ccc(F)cc2)cc(C(=O)NCCc2ccccc2)n1. The van der Waals surface area contributed by atoms with Crippen molar-refractivity contribution in [2.24, 2.45) is 0 Å². The van der Waals surface area contributed by atoms with Crippen molar-refractivity contribution in [2.75, 3.05) is 18.4 Å². The molecule has 2 aromatic carbocycles. The lowest BCUT2D eigenvalue weighted by Crippen LogP contribution is -2.27. The number of aromatic nitrogens is 2. The molecule has 0 unspecified atom stereocenters. The number of hydrogen-bond donors (Lipinski definition) is 2. The Morgan fingerprint density at radius 1 is 0.929 bits per heavy atom. The molecule has 1 amide bonds. The fraction of sp³-hybridized carbons (Fsp3) is 0.227. The lowest BCUT2D eigenvalue weighted by atomic mass is 10.1. The third-order valence-corrected chi connectivity index (χ3v) is 4.25. The standard InChI is InChI=1S/C22H23FN4O/c1-16-26-20(22(28)25-14-12-17-5-3-2-4-6-17)15-21(27-16)24-13-11-18-7-9-19(23)10-8-18/h2-10,15H,11-14H2,1H3,(H,25,28)(H,24,26,27). The maximum Gasteiger partial charge on any atom is 0.270 e. The number of halogens is 1.